The second-order valence-corrected chi connectivity index (χ2v) is 6.62. The third-order valence-electron chi connectivity index (χ3n) is 4.57. The molecule has 2 aromatic rings. The molecule has 0 bridgehead atoms. The Morgan fingerprint density at radius 2 is 2.00 bits per heavy atom. The average Bonchev–Trinajstić information content (AvgIpc) is 2.67. The van der Waals surface area contributed by atoms with Crippen molar-refractivity contribution in [2.24, 2.45) is 0 Å². The number of carbonyl (C=O) groups excluding carboxylic acids is 1. The summed E-state index contributed by atoms with van der Waals surface area (Å²) < 4.78 is 5.88. The predicted octanol–water partition coefficient (Wildman–Crippen LogP) is 3.90. The minimum absolute atomic E-state index is 0.0517. The van der Waals surface area contributed by atoms with Crippen LogP contribution in [0.3, 0.4) is 0 Å². The third kappa shape index (κ3) is 3.89. The van der Waals surface area contributed by atoms with Crippen molar-refractivity contribution in [3.05, 3.63) is 70.8 Å². The van der Waals surface area contributed by atoms with Gasteiger partial charge in [0.05, 0.1) is 24.8 Å². The lowest BCUT2D eigenvalue weighted by Gasteiger charge is -2.33. The Hall–Kier alpha value is -2.64. The van der Waals surface area contributed by atoms with Crippen LogP contribution in [-0.2, 0) is 4.74 Å². The van der Waals surface area contributed by atoms with Gasteiger partial charge in [-0.2, -0.15) is 5.26 Å². The molecule has 1 atom stereocenters. The standard InChI is InChI=1S/C21H22N2O2/c1-15(2)17-6-8-18(9-7-17)20-14-23(10-11-25-20)21(24)19-5-3-4-16(12-19)13-22/h3-9,12,15,20H,10-11,14H2,1-2H3. The van der Waals surface area contributed by atoms with Gasteiger partial charge < -0.3 is 9.64 Å². The number of benzene rings is 2. The SMILES string of the molecule is CC(C)c1ccc(C2CN(C(=O)c3cccc(C#N)c3)CCO2)cc1. The van der Waals surface area contributed by atoms with E-state index in [1.54, 1.807) is 29.2 Å². The molecule has 0 radical (unpaired) electrons. The van der Waals surface area contributed by atoms with Crippen molar-refractivity contribution in [2.45, 2.75) is 25.9 Å². The van der Waals surface area contributed by atoms with Crippen molar-refractivity contribution in [3.63, 3.8) is 0 Å². The molecule has 1 aliphatic rings. The normalized spacial score (nSPS) is 17.4. The molecular weight excluding hydrogens is 312 g/mol. The smallest absolute Gasteiger partial charge is 0.254 e. The van der Waals surface area contributed by atoms with Gasteiger partial charge in [-0.3, -0.25) is 4.79 Å². The number of nitrogens with zero attached hydrogens (tertiary/aromatic N) is 2. The molecule has 25 heavy (non-hydrogen) atoms. The van der Waals surface area contributed by atoms with Crippen molar-refractivity contribution < 1.29 is 9.53 Å². The second-order valence-electron chi connectivity index (χ2n) is 6.62. The molecule has 128 valence electrons. The molecule has 1 unspecified atom stereocenters. The number of hydrogen-bond donors (Lipinski definition) is 0. The first-order valence-corrected chi connectivity index (χ1v) is 8.59. The van der Waals surface area contributed by atoms with E-state index >= 15 is 0 Å². The third-order valence-corrected chi connectivity index (χ3v) is 4.57. The van der Waals surface area contributed by atoms with Crippen molar-refractivity contribution in [2.75, 3.05) is 19.7 Å². The molecule has 0 aromatic heterocycles. The molecule has 4 nitrogen and oxygen atoms in total. The Balaban J connectivity index is 1.74. The van der Waals surface area contributed by atoms with Gasteiger partial charge >= 0.3 is 0 Å². The quantitative estimate of drug-likeness (QED) is 0.855. The Kier molecular flexibility index (Phi) is 5.16. The van der Waals surface area contributed by atoms with Gasteiger partial charge in [0.2, 0.25) is 0 Å². The summed E-state index contributed by atoms with van der Waals surface area (Å²) in [7, 11) is 0. The zero-order valence-electron chi connectivity index (χ0n) is 14.6. The molecular formula is C21H22N2O2. The van der Waals surface area contributed by atoms with Crippen molar-refractivity contribution in [3.8, 4) is 6.07 Å². The summed E-state index contributed by atoms with van der Waals surface area (Å²) in [6.07, 6.45) is -0.113. The van der Waals surface area contributed by atoms with E-state index in [9.17, 15) is 4.79 Å². The van der Waals surface area contributed by atoms with Crippen LogP contribution >= 0.6 is 0 Å². The van der Waals surface area contributed by atoms with Gasteiger partial charge in [0.15, 0.2) is 0 Å². The van der Waals surface area contributed by atoms with E-state index in [0.29, 0.717) is 36.7 Å². The van der Waals surface area contributed by atoms with Crippen LogP contribution in [0.5, 0.6) is 0 Å². The van der Waals surface area contributed by atoms with Gasteiger partial charge in [-0.05, 0) is 35.2 Å². The largest absolute Gasteiger partial charge is 0.370 e. The van der Waals surface area contributed by atoms with E-state index in [0.717, 1.165) is 5.56 Å². The maximum Gasteiger partial charge on any atom is 0.254 e. The highest BCUT2D eigenvalue weighted by Gasteiger charge is 2.26. The minimum atomic E-state index is -0.113. The summed E-state index contributed by atoms with van der Waals surface area (Å²) in [6.45, 7) is 5.94. The molecule has 1 amide bonds. The van der Waals surface area contributed by atoms with Gasteiger partial charge in [-0.1, -0.05) is 44.2 Å². The lowest BCUT2D eigenvalue weighted by Crippen LogP contribution is -2.42. The number of ether oxygens (including phenoxy) is 1. The van der Waals surface area contributed by atoms with Crippen LogP contribution in [0.4, 0.5) is 0 Å². The Labute approximate surface area is 148 Å². The van der Waals surface area contributed by atoms with E-state index < -0.39 is 0 Å². The Bertz CT molecular complexity index is 790. The average molecular weight is 334 g/mol. The zero-order valence-corrected chi connectivity index (χ0v) is 14.6. The summed E-state index contributed by atoms with van der Waals surface area (Å²) in [5, 5.41) is 9.01. The van der Waals surface area contributed by atoms with Crippen LogP contribution < -0.4 is 0 Å². The van der Waals surface area contributed by atoms with Crippen molar-refractivity contribution >= 4 is 5.91 Å². The first kappa shape index (κ1) is 17.2. The van der Waals surface area contributed by atoms with Crippen molar-refractivity contribution in [1.82, 2.24) is 4.90 Å². The zero-order chi connectivity index (χ0) is 17.8. The fraction of sp³-hybridized carbons (Fsp3) is 0.333. The molecule has 2 aromatic carbocycles. The second kappa shape index (κ2) is 7.50. The number of hydrogen-bond acceptors (Lipinski definition) is 3. The van der Waals surface area contributed by atoms with E-state index in [1.807, 2.05) is 0 Å². The lowest BCUT2D eigenvalue weighted by molar-refractivity contribution is -0.0228. The van der Waals surface area contributed by atoms with Crippen LogP contribution in [-0.4, -0.2) is 30.5 Å². The number of morpholine rings is 1. The molecule has 0 saturated carbocycles. The molecule has 0 aliphatic carbocycles. The Morgan fingerprint density at radius 1 is 1.24 bits per heavy atom. The molecule has 4 heteroatoms. The molecule has 1 fully saturated rings. The number of amides is 1. The summed E-state index contributed by atoms with van der Waals surface area (Å²) in [5.74, 6) is 0.441. The van der Waals surface area contributed by atoms with E-state index in [2.05, 4.69) is 44.2 Å². The molecule has 1 saturated heterocycles. The van der Waals surface area contributed by atoms with Crippen LogP contribution in [0.25, 0.3) is 0 Å². The first-order valence-electron chi connectivity index (χ1n) is 8.59. The monoisotopic (exact) mass is 334 g/mol. The van der Waals surface area contributed by atoms with Crippen LogP contribution in [0.15, 0.2) is 48.5 Å². The predicted molar refractivity (Wildman–Crippen MR) is 96.3 cm³/mol. The number of nitriles is 1. The van der Waals surface area contributed by atoms with Crippen LogP contribution in [0.2, 0.25) is 0 Å². The summed E-state index contributed by atoms with van der Waals surface area (Å²) in [6, 6.07) is 17.4. The number of rotatable bonds is 3. The fourth-order valence-corrected chi connectivity index (χ4v) is 3.04. The highest BCUT2D eigenvalue weighted by Crippen LogP contribution is 2.25. The van der Waals surface area contributed by atoms with Gasteiger partial charge in [0, 0.05) is 12.1 Å². The summed E-state index contributed by atoms with van der Waals surface area (Å²) in [5.41, 5.74) is 3.43. The van der Waals surface area contributed by atoms with E-state index in [1.165, 1.54) is 5.56 Å². The molecule has 0 spiro atoms. The topological polar surface area (TPSA) is 53.3 Å². The van der Waals surface area contributed by atoms with E-state index in [-0.39, 0.29) is 12.0 Å². The molecule has 3 rings (SSSR count). The van der Waals surface area contributed by atoms with Crippen LogP contribution in [0.1, 0.15) is 52.9 Å². The minimum Gasteiger partial charge on any atom is -0.370 e. The summed E-state index contributed by atoms with van der Waals surface area (Å²) >= 11 is 0. The lowest BCUT2D eigenvalue weighted by atomic mass is 9.99. The van der Waals surface area contributed by atoms with Crippen molar-refractivity contribution in [1.29, 1.82) is 5.26 Å². The fourth-order valence-electron chi connectivity index (χ4n) is 3.04. The van der Waals surface area contributed by atoms with Gasteiger partial charge in [0.25, 0.3) is 5.91 Å². The maximum absolute atomic E-state index is 12.7. The maximum atomic E-state index is 12.7. The van der Waals surface area contributed by atoms with Gasteiger partial charge in [0.1, 0.15) is 6.10 Å². The first-order chi connectivity index (χ1) is 12.1. The molecule has 1 heterocycles. The van der Waals surface area contributed by atoms with Gasteiger partial charge in [-0.15, -0.1) is 0 Å². The van der Waals surface area contributed by atoms with Crippen LogP contribution in [0, 0.1) is 11.3 Å². The highest BCUT2D eigenvalue weighted by atomic mass is 16.5. The summed E-state index contributed by atoms with van der Waals surface area (Å²) in [4.78, 5) is 14.6. The number of carbonyl (C=O) groups is 1. The molecule has 1 aliphatic heterocycles. The molecule has 0 N–H and O–H groups in total. The van der Waals surface area contributed by atoms with Gasteiger partial charge in [-0.25, -0.2) is 0 Å². The highest BCUT2D eigenvalue weighted by molar-refractivity contribution is 5.94. The van der Waals surface area contributed by atoms with E-state index in [4.69, 9.17) is 10.00 Å². The Morgan fingerprint density at radius 3 is 2.68 bits per heavy atom.